The van der Waals surface area contributed by atoms with E-state index in [1.54, 1.807) is 6.92 Å². The zero-order chi connectivity index (χ0) is 35.1. The Hall–Kier alpha value is -0.829. The first kappa shape index (κ1) is 45.2. The van der Waals surface area contributed by atoms with Crippen LogP contribution < -0.4 is 0 Å². The molecule has 0 rings (SSSR count). The molecule has 0 heterocycles. The molecule has 1 N–H and O–H groups in total. The minimum Gasteiger partial charge on any atom is -0.463 e. The van der Waals surface area contributed by atoms with Gasteiger partial charge in [-0.3, -0.25) is 9.59 Å². The van der Waals surface area contributed by atoms with Crippen LogP contribution in [0.25, 0.3) is 0 Å². The zero-order valence-electron chi connectivity index (χ0n) is 30.1. The number of esters is 1. The van der Waals surface area contributed by atoms with Gasteiger partial charge in [-0.1, -0.05) is 13.5 Å². The number of ketones is 1. The fourth-order valence-corrected chi connectivity index (χ4v) is 17.3. The minimum atomic E-state index is -2.26. The number of rotatable bonds is 31. The first-order valence-electron chi connectivity index (χ1n) is 16.3. The van der Waals surface area contributed by atoms with Crippen molar-refractivity contribution in [3.63, 3.8) is 0 Å². The largest absolute Gasteiger partial charge is 0.463 e. The molecule has 0 aliphatic heterocycles. The molecule has 2 unspecified atom stereocenters. The first-order chi connectivity index (χ1) is 21.4. The number of Topliss-reactive ketones (excluding diaryl/α,β-unsaturated/α-hetero) is 1. The Labute approximate surface area is 281 Å². The summed E-state index contributed by atoms with van der Waals surface area (Å²) in [5, 5.41) is 9.82. The van der Waals surface area contributed by atoms with E-state index < -0.39 is 37.3 Å². The van der Waals surface area contributed by atoms with Gasteiger partial charge in [-0.05, 0) is 70.3 Å². The second-order valence-electron chi connectivity index (χ2n) is 13.5. The third-order valence-electron chi connectivity index (χ3n) is 5.80. The minimum absolute atomic E-state index is 0.00933. The molecule has 0 saturated carbocycles. The molecule has 0 amide bonds. The highest BCUT2D eigenvalue weighted by molar-refractivity contribution is 6.87. The Balaban J connectivity index is 3.61. The molecule has 0 aromatic heterocycles. The zero-order valence-corrected chi connectivity index (χ0v) is 33.1. The number of hydrogen-bond acceptors (Lipinski definition) is 12. The summed E-state index contributed by atoms with van der Waals surface area (Å²) in [7, 11) is -5.67. The van der Waals surface area contributed by atoms with Crippen molar-refractivity contribution in [3.05, 3.63) is 12.2 Å². The highest BCUT2D eigenvalue weighted by Gasteiger charge is 2.41. The maximum atomic E-state index is 11.6. The Morgan fingerprint density at radius 3 is 1.41 bits per heavy atom. The van der Waals surface area contributed by atoms with Gasteiger partial charge in [0.2, 0.25) is 0 Å². The van der Waals surface area contributed by atoms with E-state index in [9.17, 15) is 14.7 Å². The van der Waals surface area contributed by atoms with E-state index >= 15 is 0 Å². The molecular weight excluding hydrogens is 649 g/mol. The van der Waals surface area contributed by atoms with Gasteiger partial charge >= 0.3 is 14.5 Å². The normalized spacial score (nSPS) is 13.9. The van der Waals surface area contributed by atoms with Gasteiger partial charge in [0, 0.05) is 13.0 Å². The molecule has 12 nitrogen and oxygen atoms in total. The predicted octanol–water partition coefficient (Wildman–Crippen LogP) is 4.33. The number of hydrogen-bond donors (Lipinski definition) is 1. The van der Waals surface area contributed by atoms with Crippen molar-refractivity contribution in [2.24, 2.45) is 5.92 Å². The van der Waals surface area contributed by atoms with Crippen molar-refractivity contribution in [2.45, 2.75) is 84.7 Å². The van der Waals surface area contributed by atoms with Gasteiger partial charge in [-0.25, -0.2) is 0 Å². The number of aliphatic hydroxyl groups is 1. The van der Waals surface area contributed by atoms with Gasteiger partial charge in [-0.15, -0.1) is 0 Å². The lowest BCUT2D eigenvalue weighted by Gasteiger charge is -2.39. The molecular formula is C31H64O12Si3. The number of allylic oxidation sites excluding steroid dienone is 1. The van der Waals surface area contributed by atoms with Crippen LogP contribution in [-0.4, -0.2) is 134 Å². The second kappa shape index (κ2) is 25.2. The molecule has 0 radical (unpaired) electrons. The summed E-state index contributed by atoms with van der Waals surface area (Å²) in [6, 6.07) is 0.926. The molecule has 0 aromatic carbocycles. The lowest BCUT2D eigenvalue weighted by molar-refractivity contribution is -0.148. The van der Waals surface area contributed by atoms with Crippen LogP contribution in [-0.2, 0) is 51.0 Å². The molecule has 0 spiro atoms. The Bertz CT molecular complexity index is 817. The van der Waals surface area contributed by atoms with Crippen LogP contribution in [0.2, 0.25) is 51.9 Å². The van der Waals surface area contributed by atoms with Crippen LogP contribution in [0.4, 0.5) is 0 Å². The van der Waals surface area contributed by atoms with Gasteiger partial charge in [0.05, 0.1) is 79.1 Å². The van der Waals surface area contributed by atoms with Gasteiger partial charge < -0.3 is 46.5 Å². The van der Waals surface area contributed by atoms with Gasteiger partial charge in [-0.2, -0.15) is 0 Å². The lowest BCUT2D eigenvalue weighted by atomic mass is 10.1. The Kier molecular flexibility index (Phi) is 24.7. The third-order valence-corrected chi connectivity index (χ3v) is 15.6. The molecule has 0 bridgehead atoms. The van der Waals surface area contributed by atoms with E-state index in [-0.39, 0.29) is 38.4 Å². The van der Waals surface area contributed by atoms with Crippen molar-refractivity contribution in [1.29, 1.82) is 0 Å². The van der Waals surface area contributed by atoms with Crippen molar-refractivity contribution in [1.82, 2.24) is 0 Å². The number of aliphatic hydroxyl groups excluding tert-OH is 1. The second-order valence-corrected chi connectivity index (χ2v) is 26.3. The summed E-state index contributed by atoms with van der Waals surface area (Å²) in [6.07, 6.45) is -0.943. The number of carbonyl (C=O) groups excluding carboxylic acids is 2. The van der Waals surface area contributed by atoms with Gasteiger partial charge in [0.1, 0.15) is 12.7 Å². The molecule has 2 atom stereocenters. The first-order valence-corrected chi connectivity index (χ1v) is 25.7. The molecule has 0 aromatic rings. The average molecular weight is 713 g/mol. The molecule has 0 saturated heterocycles. The summed E-state index contributed by atoms with van der Waals surface area (Å²) in [6.45, 7) is 27.8. The number of ether oxygens (including phenoxy) is 7. The summed E-state index contributed by atoms with van der Waals surface area (Å²) >= 11 is 0. The lowest BCUT2D eigenvalue weighted by Crippen LogP contribution is -2.53. The topological polar surface area (TPSA) is 137 Å². The molecule has 272 valence electrons. The standard InChI is InChI=1S/C31H64O12Si3/c1-27(2)30(33)11-12-31(34)41-25-29(32)24-40-22-20-38-18-16-36-14-13-35-15-17-37-19-21-39-23-28(3)26-46(10,42-44(4,5)6)43-45(7,8)9/h28-29,32H,1,11-26H2,2-10H3. The third kappa shape index (κ3) is 29.3. The van der Waals surface area contributed by atoms with E-state index in [2.05, 4.69) is 59.3 Å². The van der Waals surface area contributed by atoms with E-state index in [0.717, 1.165) is 6.04 Å². The highest BCUT2D eigenvalue weighted by Crippen LogP contribution is 2.27. The fraction of sp³-hybridized carbons (Fsp3) is 0.871. The highest BCUT2D eigenvalue weighted by atomic mass is 28.5. The summed E-state index contributed by atoms with van der Waals surface area (Å²) in [5.74, 6) is -0.375. The molecule has 0 aliphatic carbocycles. The SMILES string of the molecule is C=C(C)C(=O)CCC(=O)OCC(O)COCCOCCOCCOCCOCCOCC(C)C[Si](C)(O[Si](C)(C)C)O[Si](C)(C)C. The predicted molar refractivity (Wildman–Crippen MR) is 185 cm³/mol. The van der Waals surface area contributed by atoms with Crippen LogP contribution in [0.5, 0.6) is 0 Å². The van der Waals surface area contributed by atoms with Crippen LogP contribution in [0, 0.1) is 5.92 Å². The van der Waals surface area contributed by atoms with E-state index in [1.807, 2.05) is 0 Å². The molecule has 15 heteroatoms. The van der Waals surface area contributed by atoms with Gasteiger partial charge in [0.15, 0.2) is 22.4 Å². The summed E-state index contributed by atoms with van der Waals surface area (Å²) in [5.41, 5.74) is 0.400. The molecule has 46 heavy (non-hydrogen) atoms. The van der Waals surface area contributed by atoms with Gasteiger partial charge in [0.25, 0.3) is 0 Å². The van der Waals surface area contributed by atoms with E-state index in [1.165, 1.54) is 0 Å². The Morgan fingerprint density at radius 1 is 0.630 bits per heavy atom. The summed E-state index contributed by atoms with van der Waals surface area (Å²) in [4.78, 5) is 23.0. The van der Waals surface area contributed by atoms with Crippen LogP contribution in [0.1, 0.15) is 26.7 Å². The quantitative estimate of drug-likeness (QED) is 0.0474. The maximum absolute atomic E-state index is 11.6. The maximum Gasteiger partial charge on any atom is 0.314 e. The Morgan fingerprint density at radius 2 is 1.02 bits per heavy atom. The van der Waals surface area contributed by atoms with Crippen molar-refractivity contribution in [3.8, 4) is 0 Å². The smallest absolute Gasteiger partial charge is 0.314 e. The van der Waals surface area contributed by atoms with Crippen molar-refractivity contribution >= 4 is 36.9 Å². The van der Waals surface area contributed by atoms with Crippen LogP contribution >= 0.6 is 0 Å². The van der Waals surface area contributed by atoms with E-state index in [0.29, 0.717) is 77.6 Å². The van der Waals surface area contributed by atoms with Crippen LogP contribution in [0.3, 0.4) is 0 Å². The van der Waals surface area contributed by atoms with E-state index in [4.69, 9.17) is 41.4 Å². The monoisotopic (exact) mass is 712 g/mol. The molecule has 0 aliphatic rings. The van der Waals surface area contributed by atoms with Crippen molar-refractivity contribution in [2.75, 3.05) is 85.9 Å². The van der Waals surface area contributed by atoms with Crippen LogP contribution in [0.15, 0.2) is 12.2 Å². The number of carbonyl (C=O) groups is 2. The van der Waals surface area contributed by atoms with Crippen molar-refractivity contribution < 1.29 is 56.1 Å². The average Bonchev–Trinajstić information content (AvgIpc) is 2.91. The summed E-state index contributed by atoms with van der Waals surface area (Å²) < 4.78 is 51.3. The fourth-order valence-electron chi connectivity index (χ4n) is 4.33. The molecule has 0 fully saturated rings.